The molecule has 132 valence electrons. The SMILES string of the molecule is CC(CC(=O)N1CCC2CCC(C1)N2)C(=O)c1cccc(F)c1.Cl. The minimum Gasteiger partial charge on any atom is -0.341 e. The lowest BCUT2D eigenvalue weighted by molar-refractivity contribution is -0.132. The summed E-state index contributed by atoms with van der Waals surface area (Å²) in [7, 11) is 0. The van der Waals surface area contributed by atoms with Crippen LogP contribution in [0.2, 0.25) is 0 Å². The fourth-order valence-electron chi connectivity index (χ4n) is 3.58. The van der Waals surface area contributed by atoms with Crippen LogP contribution in [-0.4, -0.2) is 41.8 Å². The maximum Gasteiger partial charge on any atom is 0.223 e. The van der Waals surface area contributed by atoms with Crippen LogP contribution in [0.4, 0.5) is 4.39 Å². The van der Waals surface area contributed by atoms with Crippen LogP contribution in [0.5, 0.6) is 0 Å². The number of fused-ring (bicyclic) bond motifs is 2. The highest BCUT2D eigenvalue weighted by atomic mass is 35.5. The molecule has 0 saturated carbocycles. The number of ketones is 1. The van der Waals surface area contributed by atoms with E-state index in [1.165, 1.54) is 24.6 Å². The Kier molecular flexibility index (Phi) is 6.35. The van der Waals surface area contributed by atoms with E-state index >= 15 is 0 Å². The van der Waals surface area contributed by atoms with Gasteiger partial charge in [-0.15, -0.1) is 12.4 Å². The van der Waals surface area contributed by atoms with Gasteiger partial charge in [0.1, 0.15) is 5.82 Å². The third-order valence-corrected chi connectivity index (χ3v) is 4.91. The van der Waals surface area contributed by atoms with Crippen molar-refractivity contribution in [2.24, 2.45) is 5.92 Å². The molecule has 4 nitrogen and oxygen atoms in total. The molecule has 2 aliphatic rings. The Hall–Kier alpha value is -1.46. The first-order valence-electron chi connectivity index (χ1n) is 8.36. The van der Waals surface area contributed by atoms with Gasteiger partial charge in [0.05, 0.1) is 0 Å². The van der Waals surface area contributed by atoms with Crippen molar-refractivity contribution in [2.75, 3.05) is 13.1 Å². The van der Waals surface area contributed by atoms with Gasteiger partial charge in [-0.1, -0.05) is 19.1 Å². The molecular formula is C18H24ClFN2O2. The Bertz CT molecular complexity index is 610. The maximum atomic E-state index is 13.2. The van der Waals surface area contributed by atoms with Crippen LogP contribution < -0.4 is 5.32 Å². The number of benzene rings is 1. The normalized spacial score (nSPS) is 24.0. The molecule has 1 amide bonds. The third-order valence-electron chi connectivity index (χ3n) is 4.91. The maximum absolute atomic E-state index is 13.2. The molecule has 3 atom stereocenters. The van der Waals surface area contributed by atoms with Gasteiger partial charge in [-0.2, -0.15) is 0 Å². The van der Waals surface area contributed by atoms with Crippen molar-refractivity contribution in [1.82, 2.24) is 10.2 Å². The molecule has 0 aromatic heterocycles. The summed E-state index contributed by atoms with van der Waals surface area (Å²) in [5.41, 5.74) is 0.335. The summed E-state index contributed by atoms with van der Waals surface area (Å²) in [6.45, 7) is 3.23. The molecule has 1 aromatic carbocycles. The average Bonchev–Trinajstić information content (AvgIpc) is 2.85. The smallest absolute Gasteiger partial charge is 0.223 e. The highest BCUT2D eigenvalue weighted by Gasteiger charge is 2.32. The van der Waals surface area contributed by atoms with E-state index < -0.39 is 11.7 Å². The number of hydrogen-bond donors (Lipinski definition) is 1. The number of rotatable bonds is 4. The van der Waals surface area contributed by atoms with E-state index in [0.717, 1.165) is 25.9 Å². The van der Waals surface area contributed by atoms with Gasteiger partial charge in [-0.25, -0.2) is 4.39 Å². The average molecular weight is 355 g/mol. The van der Waals surface area contributed by atoms with Crippen molar-refractivity contribution in [3.05, 3.63) is 35.6 Å². The molecule has 1 aromatic rings. The molecule has 0 spiro atoms. The van der Waals surface area contributed by atoms with Crippen molar-refractivity contribution in [1.29, 1.82) is 0 Å². The molecule has 2 fully saturated rings. The minimum absolute atomic E-state index is 0. The predicted molar refractivity (Wildman–Crippen MR) is 92.9 cm³/mol. The molecule has 0 aliphatic carbocycles. The van der Waals surface area contributed by atoms with Crippen molar-refractivity contribution in [2.45, 2.75) is 44.7 Å². The summed E-state index contributed by atoms with van der Waals surface area (Å²) in [6, 6.07) is 6.59. The van der Waals surface area contributed by atoms with E-state index in [-0.39, 0.29) is 30.5 Å². The second kappa shape index (κ2) is 8.08. The first kappa shape index (κ1) is 18.9. The number of nitrogens with one attached hydrogen (secondary N) is 1. The summed E-state index contributed by atoms with van der Waals surface area (Å²) in [6.07, 6.45) is 3.48. The molecule has 0 radical (unpaired) electrons. The van der Waals surface area contributed by atoms with Crippen molar-refractivity contribution in [3.63, 3.8) is 0 Å². The van der Waals surface area contributed by atoms with Gasteiger partial charge in [0.15, 0.2) is 5.78 Å². The van der Waals surface area contributed by atoms with Gasteiger partial charge in [-0.05, 0) is 31.4 Å². The number of likely N-dealkylation sites (tertiary alicyclic amines) is 1. The van der Waals surface area contributed by atoms with Crippen LogP contribution in [0.3, 0.4) is 0 Å². The molecule has 3 unspecified atom stereocenters. The van der Waals surface area contributed by atoms with E-state index in [4.69, 9.17) is 0 Å². The van der Waals surface area contributed by atoms with Gasteiger partial charge in [-0.3, -0.25) is 9.59 Å². The van der Waals surface area contributed by atoms with Gasteiger partial charge in [0.2, 0.25) is 5.91 Å². The molecule has 3 rings (SSSR count). The zero-order chi connectivity index (χ0) is 16.4. The molecule has 2 saturated heterocycles. The van der Waals surface area contributed by atoms with Crippen LogP contribution in [0.1, 0.15) is 43.0 Å². The highest BCUT2D eigenvalue weighted by Crippen LogP contribution is 2.22. The van der Waals surface area contributed by atoms with Crippen molar-refractivity contribution >= 4 is 24.1 Å². The van der Waals surface area contributed by atoms with E-state index in [2.05, 4.69) is 5.32 Å². The molecular weight excluding hydrogens is 331 g/mol. The summed E-state index contributed by atoms with van der Waals surface area (Å²) < 4.78 is 13.2. The predicted octanol–water partition coefficient (Wildman–Crippen LogP) is 2.81. The quantitative estimate of drug-likeness (QED) is 0.846. The fraction of sp³-hybridized carbons (Fsp3) is 0.556. The fourth-order valence-corrected chi connectivity index (χ4v) is 3.58. The summed E-state index contributed by atoms with van der Waals surface area (Å²) in [4.78, 5) is 26.8. The molecule has 6 heteroatoms. The summed E-state index contributed by atoms with van der Waals surface area (Å²) in [5, 5.41) is 3.54. The van der Waals surface area contributed by atoms with Crippen LogP contribution in [0.25, 0.3) is 0 Å². The number of Topliss-reactive ketones (excluding diaryl/α,β-unsaturated/α-hetero) is 1. The van der Waals surface area contributed by atoms with Crippen LogP contribution in [0.15, 0.2) is 24.3 Å². The van der Waals surface area contributed by atoms with Crippen LogP contribution in [0, 0.1) is 11.7 Å². The molecule has 1 N–H and O–H groups in total. The summed E-state index contributed by atoms with van der Waals surface area (Å²) in [5.74, 6) is -1.01. The number of amides is 1. The Morgan fingerprint density at radius 1 is 1.29 bits per heavy atom. The number of carbonyl (C=O) groups excluding carboxylic acids is 2. The molecule has 24 heavy (non-hydrogen) atoms. The lowest BCUT2D eigenvalue weighted by Gasteiger charge is -2.25. The Morgan fingerprint density at radius 3 is 2.79 bits per heavy atom. The van der Waals surface area contributed by atoms with E-state index in [1.807, 2.05) is 4.90 Å². The van der Waals surface area contributed by atoms with Gasteiger partial charge in [0, 0.05) is 43.1 Å². The highest BCUT2D eigenvalue weighted by molar-refractivity contribution is 5.99. The number of nitrogens with zero attached hydrogens (tertiary/aromatic N) is 1. The third kappa shape index (κ3) is 4.33. The van der Waals surface area contributed by atoms with Crippen molar-refractivity contribution in [3.8, 4) is 0 Å². The Labute approximate surface area is 148 Å². The largest absolute Gasteiger partial charge is 0.341 e. The first-order valence-corrected chi connectivity index (χ1v) is 8.36. The van der Waals surface area contributed by atoms with Crippen LogP contribution in [-0.2, 0) is 4.79 Å². The second-order valence-corrected chi connectivity index (χ2v) is 6.75. The topological polar surface area (TPSA) is 49.4 Å². The van der Waals surface area contributed by atoms with E-state index in [0.29, 0.717) is 17.6 Å². The Balaban J connectivity index is 0.00000208. The standard InChI is InChI=1S/C18H23FN2O2.ClH/c1-12(18(23)13-3-2-4-14(19)10-13)9-17(22)21-8-7-15-5-6-16(11-21)20-15;/h2-4,10,12,15-16,20H,5-9,11H2,1H3;1H. The second-order valence-electron chi connectivity index (χ2n) is 6.75. The number of carbonyl (C=O) groups is 2. The lowest BCUT2D eigenvalue weighted by atomic mass is 9.95. The molecule has 2 bridgehead atoms. The minimum atomic E-state index is -0.433. The zero-order valence-corrected chi connectivity index (χ0v) is 14.7. The Morgan fingerprint density at radius 2 is 2.04 bits per heavy atom. The lowest BCUT2D eigenvalue weighted by Crippen LogP contribution is -2.40. The van der Waals surface area contributed by atoms with E-state index in [1.54, 1.807) is 13.0 Å². The number of halogens is 2. The van der Waals surface area contributed by atoms with E-state index in [9.17, 15) is 14.0 Å². The monoisotopic (exact) mass is 354 g/mol. The first-order chi connectivity index (χ1) is 11.0. The molecule has 2 heterocycles. The van der Waals surface area contributed by atoms with Gasteiger partial charge >= 0.3 is 0 Å². The van der Waals surface area contributed by atoms with Crippen molar-refractivity contribution < 1.29 is 14.0 Å². The number of hydrogen-bond acceptors (Lipinski definition) is 3. The van der Waals surface area contributed by atoms with Gasteiger partial charge < -0.3 is 10.2 Å². The summed E-state index contributed by atoms with van der Waals surface area (Å²) >= 11 is 0. The zero-order valence-electron chi connectivity index (χ0n) is 13.8. The van der Waals surface area contributed by atoms with Crippen LogP contribution >= 0.6 is 12.4 Å². The molecule has 2 aliphatic heterocycles. The van der Waals surface area contributed by atoms with Gasteiger partial charge in [0.25, 0.3) is 0 Å².